The molecular weight excluding hydrogens is 186 g/mol. The molecule has 2 nitrogen and oxygen atoms in total. The molecule has 0 amide bonds. The van der Waals surface area contributed by atoms with E-state index in [1.807, 2.05) is 6.08 Å². The average Bonchev–Trinajstić information content (AvgIpc) is 2.27. The summed E-state index contributed by atoms with van der Waals surface area (Å²) in [6.07, 6.45) is 6.72. The molecule has 88 valence electrons. The van der Waals surface area contributed by atoms with Gasteiger partial charge in [0.05, 0.1) is 0 Å². The van der Waals surface area contributed by atoms with E-state index in [0.717, 1.165) is 25.6 Å². The van der Waals surface area contributed by atoms with Crippen LogP contribution in [0.1, 0.15) is 39.5 Å². The fourth-order valence-corrected chi connectivity index (χ4v) is 2.25. The first-order chi connectivity index (χ1) is 7.24. The topological polar surface area (TPSA) is 21.3 Å². The lowest BCUT2D eigenvalue weighted by molar-refractivity contribution is 0.0546. The van der Waals surface area contributed by atoms with Crippen molar-refractivity contribution in [2.75, 3.05) is 13.2 Å². The van der Waals surface area contributed by atoms with E-state index in [0.29, 0.717) is 12.1 Å². The predicted molar refractivity (Wildman–Crippen MR) is 65.0 cm³/mol. The second-order valence-corrected chi connectivity index (χ2v) is 4.67. The van der Waals surface area contributed by atoms with Crippen LogP contribution in [0.5, 0.6) is 0 Å². The van der Waals surface area contributed by atoms with Gasteiger partial charge in [0.1, 0.15) is 0 Å². The molecule has 0 saturated carbocycles. The predicted octanol–water partition coefficient (Wildman–Crippen LogP) is 2.75. The second-order valence-electron chi connectivity index (χ2n) is 4.67. The zero-order valence-corrected chi connectivity index (χ0v) is 10.2. The van der Waals surface area contributed by atoms with Gasteiger partial charge in [-0.3, -0.25) is 0 Å². The van der Waals surface area contributed by atoms with E-state index in [1.165, 1.54) is 19.3 Å². The molecule has 0 bridgehead atoms. The summed E-state index contributed by atoms with van der Waals surface area (Å²) in [4.78, 5) is 0. The molecule has 1 rings (SSSR count). The molecule has 1 aliphatic heterocycles. The molecule has 2 atom stereocenters. The van der Waals surface area contributed by atoms with Gasteiger partial charge < -0.3 is 10.1 Å². The van der Waals surface area contributed by atoms with Crippen molar-refractivity contribution in [3.8, 4) is 0 Å². The summed E-state index contributed by atoms with van der Waals surface area (Å²) in [5.74, 6) is 0.796. The van der Waals surface area contributed by atoms with Gasteiger partial charge in [-0.05, 0) is 45.4 Å². The third-order valence-corrected chi connectivity index (χ3v) is 3.32. The number of hydrogen-bond acceptors (Lipinski definition) is 2. The van der Waals surface area contributed by atoms with Crippen LogP contribution in [0.4, 0.5) is 0 Å². The fraction of sp³-hybridized carbons (Fsp3) is 0.846. The van der Waals surface area contributed by atoms with Crippen molar-refractivity contribution in [2.24, 2.45) is 5.92 Å². The quantitative estimate of drug-likeness (QED) is 0.682. The molecule has 2 unspecified atom stereocenters. The maximum absolute atomic E-state index is 5.38. The Bertz CT molecular complexity index is 175. The molecule has 0 aliphatic carbocycles. The van der Waals surface area contributed by atoms with E-state index < -0.39 is 0 Å². The number of hydrogen-bond donors (Lipinski definition) is 1. The zero-order chi connectivity index (χ0) is 11.1. The Kier molecular flexibility index (Phi) is 5.96. The van der Waals surface area contributed by atoms with Gasteiger partial charge in [0, 0.05) is 25.3 Å². The van der Waals surface area contributed by atoms with Crippen LogP contribution in [0.3, 0.4) is 0 Å². The smallest absolute Gasteiger partial charge is 0.0469 e. The Balaban J connectivity index is 2.20. The maximum Gasteiger partial charge on any atom is 0.0469 e. The summed E-state index contributed by atoms with van der Waals surface area (Å²) in [5, 5.41) is 3.68. The van der Waals surface area contributed by atoms with Crippen molar-refractivity contribution in [3.05, 3.63) is 12.7 Å². The lowest BCUT2D eigenvalue weighted by Crippen LogP contribution is -2.41. The highest BCUT2D eigenvalue weighted by atomic mass is 16.5. The lowest BCUT2D eigenvalue weighted by atomic mass is 9.92. The Morgan fingerprint density at radius 3 is 2.67 bits per heavy atom. The average molecular weight is 211 g/mol. The first-order valence-corrected chi connectivity index (χ1v) is 6.18. The maximum atomic E-state index is 5.38. The van der Waals surface area contributed by atoms with Gasteiger partial charge >= 0.3 is 0 Å². The normalized spacial score (nSPS) is 22.3. The molecule has 0 spiro atoms. The molecule has 1 aliphatic rings. The summed E-state index contributed by atoms with van der Waals surface area (Å²) in [6, 6.07) is 1.22. The highest BCUT2D eigenvalue weighted by Gasteiger charge is 2.21. The third kappa shape index (κ3) is 4.80. The fourth-order valence-electron chi connectivity index (χ4n) is 2.25. The first-order valence-electron chi connectivity index (χ1n) is 6.18. The van der Waals surface area contributed by atoms with Crippen LogP contribution >= 0.6 is 0 Å². The summed E-state index contributed by atoms with van der Waals surface area (Å²) in [6.45, 7) is 10.2. The molecule has 0 aromatic rings. The SMILES string of the molecule is C=CCCC(C)NC(C)C1CCOCC1. The van der Waals surface area contributed by atoms with E-state index in [2.05, 4.69) is 25.7 Å². The highest BCUT2D eigenvalue weighted by molar-refractivity contribution is 4.78. The standard InChI is InChI=1S/C13H25NO/c1-4-5-6-11(2)14-12(3)13-7-9-15-10-8-13/h4,11-14H,1,5-10H2,2-3H3. The Hall–Kier alpha value is -0.340. The summed E-state index contributed by atoms with van der Waals surface area (Å²) < 4.78 is 5.38. The monoisotopic (exact) mass is 211 g/mol. The van der Waals surface area contributed by atoms with Crippen molar-refractivity contribution in [1.29, 1.82) is 0 Å². The molecular formula is C13H25NO. The van der Waals surface area contributed by atoms with Crippen LogP contribution < -0.4 is 5.32 Å². The number of allylic oxidation sites excluding steroid dienone is 1. The van der Waals surface area contributed by atoms with E-state index in [-0.39, 0.29) is 0 Å². The van der Waals surface area contributed by atoms with Crippen molar-refractivity contribution in [1.82, 2.24) is 5.32 Å². The molecule has 15 heavy (non-hydrogen) atoms. The third-order valence-electron chi connectivity index (χ3n) is 3.32. The van der Waals surface area contributed by atoms with Gasteiger partial charge in [0.15, 0.2) is 0 Å². The Morgan fingerprint density at radius 2 is 2.07 bits per heavy atom. The highest BCUT2D eigenvalue weighted by Crippen LogP contribution is 2.19. The van der Waals surface area contributed by atoms with E-state index in [9.17, 15) is 0 Å². The van der Waals surface area contributed by atoms with Crippen LogP contribution in [-0.2, 0) is 4.74 Å². The number of nitrogens with one attached hydrogen (secondary N) is 1. The van der Waals surface area contributed by atoms with Crippen molar-refractivity contribution >= 4 is 0 Å². The van der Waals surface area contributed by atoms with Crippen LogP contribution in [0.25, 0.3) is 0 Å². The number of ether oxygens (including phenoxy) is 1. The molecule has 0 aromatic carbocycles. The van der Waals surface area contributed by atoms with E-state index in [4.69, 9.17) is 4.74 Å². The molecule has 1 fully saturated rings. The lowest BCUT2D eigenvalue weighted by Gasteiger charge is -2.30. The minimum Gasteiger partial charge on any atom is -0.381 e. The molecule has 1 saturated heterocycles. The van der Waals surface area contributed by atoms with Gasteiger partial charge in [-0.2, -0.15) is 0 Å². The van der Waals surface area contributed by atoms with E-state index >= 15 is 0 Å². The molecule has 0 radical (unpaired) electrons. The Labute approximate surface area is 94.1 Å². The van der Waals surface area contributed by atoms with Crippen LogP contribution in [0.15, 0.2) is 12.7 Å². The van der Waals surface area contributed by atoms with Gasteiger partial charge in [-0.15, -0.1) is 6.58 Å². The summed E-state index contributed by atoms with van der Waals surface area (Å²) in [5.41, 5.74) is 0. The molecule has 2 heteroatoms. The van der Waals surface area contributed by atoms with Gasteiger partial charge in [-0.25, -0.2) is 0 Å². The molecule has 0 aromatic heterocycles. The summed E-state index contributed by atoms with van der Waals surface area (Å²) >= 11 is 0. The summed E-state index contributed by atoms with van der Waals surface area (Å²) in [7, 11) is 0. The second kappa shape index (κ2) is 7.02. The zero-order valence-electron chi connectivity index (χ0n) is 10.2. The van der Waals surface area contributed by atoms with Crippen molar-refractivity contribution in [2.45, 2.75) is 51.6 Å². The minimum absolute atomic E-state index is 0.598. The van der Waals surface area contributed by atoms with Gasteiger partial charge in [0.25, 0.3) is 0 Å². The van der Waals surface area contributed by atoms with Crippen LogP contribution in [0, 0.1) is 5.92 Å². The number of rotatable bonds is 6. The van der Waals surface area contributed by atoms with Crippen molar-refractivity contribution < 1.29 is 4.74 Å². The van der Waals surface area contributed by atoms with Gasteiger partial charge in [-0.1, -0.05) is 6.08 Å². The largest absolute Gasteiger partial charge is 0.381 e. The van der Waals surface area contributed by atoms with E-state index in [1.54, 1.807) is 0 Å². The molecule has 1 N–H and O–H groups in total. The van der Waals surface area contributed by atoms with Crippen LogP contribution in [-0.4, -0.2) is 25.3 Å². The minimum atomic E-state index is 0.598. The van der Waals surface area contributed by atoms with Crippen molar-refractivity contribution in [3.63, 3.8) is 0 Å². The Morgan fingerprint density at radius 1 is 1.40 bits per heavy atom. The van der Waals surface area contributed by atoms with Gasteiger partial charge in [0.2, 0.25) is 0 Å². The molecule has 1 heterocycles. The first kappa shape index (κ1) is 12.7. The van der Waals surface area contributed by atoms with Crippen LogP contribution in [0.2, 0.25) is 0 Å².